The van der Waals surface area contributed by atoms with Gasteiger partial charge in [-0.05, 0) is 49.1 Å². The summed E-state index contributed by atoms with van der Waals surface area (Å²) in [6, 6.07) is 5.27. The molecule has 2 nitrogen and oxygen atoms in total. The van der Waals surface area contributed by atoms with Crippen LogP contribution in [-0.2, 0) is 13.0 Å². The molecule has 1 aromatic carbocycles. The van der Waals surface area contributed by atoms with Crippen molar-refractivity contribution >= 4 is 11.6 Å². The largest absolute Gasteiger partial charge is 0.349 e. The molecule has 0 radical (unpaired) electrons. The summed E-state index contributed by atoms with van der Waals surface area (Å²) in [5.74, 6) is -0.239. The van der Waals surface area contributed by atoms with E-state index >= 15 is 0 Å². The monoisotopic (exact) mass is 306 g/mol. The third-order valence-electron chi connectivity index (χ3n) is 4.16. The summed E-state index contributed by atoms with van der Waals surface area (Å²) in [5, 5.41) is 4.02. The summed E-state index contributed by atoms with van der Waals surface area (Å²) < 4.78 is 16.0. The predicted octanol–water partition coefficient (Wildman–Crippen LogP) is 4.32. The molecule has 3 rings (SSSR count). The molecule has 1 atom stereocenters. The minimum Gasteiger partial charge on any atom is -0.349 e. The van der Waals surface area contributed by atoms with Crippen molar-refractivity contribution < 1.29 is 4.39 Å². The van der Waals surface area contributed by atoms with E-state index in [1.54, 1.807) is 12.1 Å². The van der Waals surface area contributed by atoms with Crippen LogP contribution in [0, 0.1) is 5.82 Å². The summed E-state index contributed by atoms with van der Waals surface area (Å²) >= 11 is 6.12. The normalized spacial score (nSPS) is 17.8. The number of halogens is 2. The lowest BCUT2D eigenvalue weighted by atomic mass is 9.91. The average molecular weight is 307 g/mol. The first-order valence-electron chi connectivity index (χ1n) is 7.54. The third kappa shape index (κ3) is 2.99. The minimum atomic E-state index is -0.239. The molecule has 0 saturated heterocycles. The van der Waals surface area contributed by atoms with Crippen molar-refractivity contribution in [2.75, 3.05) is 6.54 Å². The van der Waals surface area contributed by atoms with Crippen LogP contribution in [0.1, 0.15) is 42.5 Å². The fraction of sp³-hybridized carbons (Fsp3) is 0.412. The number of rotatable bonds is 4. The maximum absolute atomic E-state index is 13.9. The predicted molar refractivity (Wildman–Crippen MR) is 84.3 cm³/mol. The van der Waals surface area contributed by atoms with E-state index in [4.69, 9.17) is 11.6 Å². The average Bonchev–Trinajstić information content (AvgIpc) is 2.87. The van der Waals surface area contributed by atoms with Gasteiger partial charge in [-0.15, -0.1) is 0 Å². The number of hydrogen-bond donors (Lipinski definition) is 1. The standard InChI is InChI=1S/C17H20ClFN2/c1-2-20-17-8-3-5-12-9-21(10-13(12)17)11-14-15(18)6-4-7-16(14)19/h4,6-7,9-10,17,20H,2-3,5,8,11H2,1H3. The lowest BCUT2D eigenvalue weighted by Gasteiger charge is -2.22. The number of fused-ring (bicyclic) bond motifs is 1. The van der Waals surface area contributed by atoms with Gasteiger partial charge in [0.15, 0.2) is 0 Å². The van der Waals surface area contributed by atoms with Crippen LogP contribution in [0.25, 0.3) is 0 Å². The fourth-order valence-corrected chi connectivity index (χ4v) is 3.39. The van der Waals surface area contributed by atoms with Crippen LogP contribution in [0.5, 0.6) is 0 Å². The van der Waals surface area contributed by atoms with E-state index in [-0.39, 0.29) is 5.82 Å². The van der Waals surface area contributed by atoms with Crippen molar-refractivity contribution in [3.8, 4) is 0 Å². The Morgan fingerprint density at radius 1 is 1.38 bits per heavy atom. The maximum Gasteiger partial charge on any atom is 0.129 e. The van der Waals surface area contributed by atoms with E-state index in [1.165, 1.54) is 30.0 Å². The highest BCUT2D eigenvalue weighted by Crippen LogP contribution is 2.31. The van der Waals surface area contributed by atoms with Crippen LogP contribution >= 0.6 is 11.6 Å². The van der Waals surface area contributed by atoms with Gasteiger partial charge >= 0.3 is 0 Å². The van der Waals surface area contributed by atoms with Crippen molar-refractivity contribution in [2.24, 2.45) is 0 Å². The van der Waals surface area contributed by atoms with E-state index in [9.17, 15) is 4.39 Å². The molecule has 0 aliphatic heterocycles. The number of benzene rings is 1. The Labute approximate surface area is 129 Å². The molecule has 2 aromatic rings. The fourth-order valence-electron chi connectivity index (χ4n) is 3.16. The molecule has 4 heteroatoms. The van der Waals surface area contributed by atoms with Crippen molar-refractivity contribution in [3.05, 3.63) is 58.1 Å². The molecular weight excluding hydrogens is 287 g/mol. The van der Waals surface area contributed by atoms with E-state index < -0.39 is 0 Å². The highest BCUT2D eigenvalue weighted by molar-refractivity contribution is 6.31. The smallest absolute Gasteiger partial charge is 0.129 e. The summed E-state index contributed by atoms with van der Waals surface area (Å²) in [6.07, 6.45) is 7.77. The molecule has 1 aromatic heterocycles. The molecule has 0 saturated carbocycles. The number of aryl methyl sites for hydroxylation is 1. The molecule has 0 bridgehead atoms. The first-order valence-corrected chi connectivity index (χ1v) is 7.91. The number of hydrogen-bond acceptors (Lipinski definition) is 1. The summed E-state index contributed by atoms with van der Waals surface area (Å²) in [5.41, 5.74) is 3.29. The Morgan fingerprint density at radius 3 is 3.00 bits per heavy atom. The molecule has 1 N–H and O–H groups in total. The van der Waals surface area contributed by atoms with Gasteiger partial charge in [-0.1, -0.05) is 24.6 Å². The zero-order valence-corrected chi connectivity index (χ0v) is 13.0. The van der Waals surface area contributed by atoms with Gasteiger partial charge in [-0.3, -0.25) is 0 Å². The zero-order valence-electron chi connectivity index (χ0n) is 12.2. The van der Waals surface area contributed by atoms with Gasteiger partial charge in [0.05, 0.1) is 6.54 Å². The van der Waals surface area contributed by atoms with Crippen molar-refractivity contribution in [3.63, 3.8) is 0 Å². The van der Waals surface area contributed by atoms with Crippen LogP contribution in [-0.4, -0.2) is 11.1 Å². The van der Waals surface area contributed by atoms with E-state index in [2.05, 4.69) is 29.2 Å². The van der Waals surface area contributed by atoms with Gasteiger partial charge < -0.3 is 9.88 Å². The number of aromatic nitrogens is 1. The van der Waals surface area contributed by atoms with Crippen LogP contribution in [0.3, 0.4) is 0 Å². The second-order valence-electron chi connectivity index (χ2n) is 5.61. The van der Waals surface area contributed by atoms with Gasteiger partial charge in [-0.25, -0.2) is 4.39 Å². The van der Waals surface area contributed by atoms with Gasteiger partial charge in [0.25, 0.3) is 0 Å². The van der Waals surface area contributed by atoms with E-state index in [0.29, 0.717) is 23.2 Å². The Bertz CT molecular complexity index is 615. The molecule has 21 heavy (non-hydrogen) atoms. The molecule has 112 valence electrons. The Morgan fingerprint density at radius 2 is 2.24 bits per heavy atom. The van der Waals surface area contributed by atoms with Crippen LogP contribution in [0.2, 0.25) is 5.02 Å². The molecule has 1 aliphatic rings. The topological polar surface area (TPSA) is 17.0 Å². The Kier molecular flexibility index (Phi) is 4.32. The molecule has 1 unspecified atom stereocenters. The summed E-state index contributed by atoms with van der Waals surface area (Å²) in [6.45, 7) is 3.58. The number of nitrogens with zero attached hydrogens (tertiary/aromatic N) is 1. The molecule has 1 heterocycles. The Balaban J connectivity index is 1.88. The quantitative estimate of drug-likeness (QED) is 0.890. The van der Waals surface area contributed by atoms with Crippen molar-refractivity contribution in [1.29, 1.82) is 0 Å². The molecule has 0 amide bonds. The van der Waals surface area contributed by atoms with Gasteiger partial charge in [-0.2, -0.15) is 0 Å². The van der Waals surface area contributed by atoms with Crippen LogP contribution in [0.15, 0.2) is 30.6 Å². The van der Waals surface area contributed by atoms with Crippen molar-refractivity contribution in [2.45, 2.75) is 38.8 Å². The SMILES string of the molecule is CCNC1CCCc2cn(Cc3c(F)cccc3Cl)cc21. The third-order valence-corrected chi connectivity index (χ3v) is 4.52. The summed E-state index contributed by atoms with van der Waals surface area (Å²) in [4.78, 5) is 0. The first-order chi connectivity index (χ1) is 10.2. The first kappa shape index (κ1) is 14.6. The second kappa shape index (κ2) is 6.20. The minimum absolute atomic E-state index is 0.239. The lowest BCUT2D eigenvalue weighted by Crippen LogP contribution is -2.23. The van der Waals surface area contributed by atoms with Gasteiger partial charge in [0.1, 0.15) is 5.82 Å². The molecule has 0 fully saturated rings. The van der Waals surface area contributed by atoms with Gasteiger partial charge in [0.2, 0.25) is 0 Å². The summed E-state index contributed by atoms with van der Waals surface area (Å²) in [7, 11) is 0. The van der Waals surface area contributed by atoms with Gasteiger partial charge in [0, 0.05) is 29.0 Å². The highest BCUT2D eigenvalue weighted by atomic mass is 35.5. The second-order valence-corrected chi connectivity index (χ2v) is 6.02. The highest BCUT2D eigenvalue weighted by Gasteiger charge is 2.21. The number of nitrogens with one attached hydrogen (secondary N) is 1. The maximum atomic E-state index is 13.9. The molecule has 0 spiro atoms. The van der Waals surface area contributed by atoms with Crippen LogP contribution in [0.4, 0.5) is 4.39 Å². The lowest BCUT2D eigenvalue weighted by molar-refractivity contribution is 0.473. The Hall–Kier alpha value is -1.32. The van der Waals surface area contributed by atoms with Crippen molar-refractivity contribution in [1.82, 2.24) is 9.88 Å². The van der Waals surface area contributed by atoms with Crippen LogP contribution < -0.4 is 5.32 Å². The molecular formula is C17H20ClFN2. The van der Waals surface area contributed by atoms with E-state index in [1.807, 2.05) is 0 Å². The zero-order chi connectivity index (χ0) is 14.8. The van der Waals surface area contributed by atoms with E-state index in [0.717, 1.165) is 13.0 Å². The molecule has 1 aliphatic carbocycles.